The number of anilines is 1. The number of ketones is 1. The van der Waals surface area contributed by atoms with E-state index in [-0.39, 0.29) is 5.78 Å². The van der Waals surface area contributed by atoms with E-state index < -0.39 is 0 Å². The normalized spacial score (nSPS) is 10.4. The van der Waals surface area contributed by atoms with E-state index in [4.69, 9.17) is 5.73 Å². The minimum Gasteiger partial charge on any atom is -0.398 e. The second-order valence-corrected chi connectivity index (χ2v) is 5.63. The summed E-state index contributed by atoms with van der Waals surface area (Å²) in [5, 5.41) is 0. The highest BCUT2D eigenvalue weighted by Crippen LogP contribution is 2.26. The van der Waals surface area contributed by atoms with E-state index in [0.717, 1.165) is 10.6 Å². The molecule has 2 aromatic rings. The lowest BCUT2D eigenvalue weighted by molar-refractivity contribution is 0.101. The summed E-state index contributed by atoms with van der Waals surface area (Å²) in [5.41, 5.74) is 9.49. The quantitative estimate of drug-likeness (QED) is 0.518. The zero-order valence-corrected chi connectivity index (χ0v) is 12.0. The van der Waals surface area contributed by atoms with E-state index >= 15 is 0 Å². The van der Waals surface area contributed by atoms with Gasteiger partial charge < -0.3 is 5.73 Å². The zero-order valence-electron chi connectivity index (χ0n) is 11.1. The van der Waals surface area contributed by atoms with Gasteiger partial charge in [0.15, 0.2) is 5.78 Å². The molecule has 0 aliphatic carbocycles. The van der Waals surface area contributed by atoms with Crippen molar-refractivity contribution in [1.29, 1.82) is 0 Å². The van der Waals surface area contributed by atoms with E-state index in [1.807, 2.05) is 12.1 Å². The maximum Gasteiger partial charge on any atom is 0.161 e. The van der Waals surface area contributed by atoms with Gasteiger partial charge in [-0.1, -0.05) is 29.8 Å². The summed E-state index contributed by atoms with van der Waals surface area (Å²) in [6.45, 7) is 3.63. The smallest absolute Gasteiger partial charge is 0.161 e. The lowest BCUT2D eigenvalue weighted by atomic mass is 10.1. The highest BCUT2D eigenvalue weighted by molar-refractivity contribution is 7.98. The number of aryl methyl sites for hydroxylation is 1. The molecule has 0 saturated carbocycles. The van der Waals surface area contributed by atoms with Crippen molar-refractivity contribution in [3.8, 4) is 0 Å². The minimum absolute atomic E-state index is 0.00973. The first-order valence-corrected chi connectivity index (χ1v) is 7.13. The molecule has 2 N–H and O–H groups in total. The van der Waals surface area contributed by atoms with Gasteiger partial charge in [-0.05, 0) is 37.6 Å². The molecule has 0 radical (unpaired) electrons. The van der Waals surface area contributed by atoms with Crippen LogP contribution >= 0.6 is 11.8 Å². The Labute approximate surface area is 118 Å². The van der Waals surface area contributed by atoms with E-state index in [0.29, 0.717) is 11.3 Å². The molecule has 0 aliphatic rings. The van der Waals surface area contributed by atoms with Gasteiger partial charge in [0.2, 0.25) is 0 Å². The van der Waals surface area contributed by atoms with Crippen molar-refractivity contribution in [3.63, 3.8) is 0 Å². The van der Waals surface area contributed by atoms with Crippen LogP contribution < -0.4 is 5.73 Å². The molecule has 0 saturated heterocycles. The Morgan fingerprint density at radius 1 is 1.21 bits per heavy atom. The largest absolute Gasteiger partial charge is 0.398 e. The first-order chi connectivity index (χ1) is 9.06. The number of hydrogen-bond donors (Lipinski definition) is 1. The highest BCUT2D eigenvalue weighted by Gasteiger charge is 2.06. The number of rotatable bonds is 4. The summed E-state index contributed by atoms with van der Waals surface area (Å²) in [6, 6.07) is 14.1. The standard InChI is InChI=1S/C16H17NOS/c1-11-4-3-5-13(8-11)10-19-14-6-7-16(17)15(9-14)12(2)18/h3-9H,10,17H2,1-2H3. The van der Waals surface area contributed by atoms with Crippen LogP contribution in [0.4, 0.5) is 5.69 Å². The van der Waals surface area contributed by atoms with Crippen LogP contribution in [0.3, 0.4) is 0 Å². The monoisotopic (exact) mass is 271 g/mol. The first-order valence-electron chi connectivity index (χ1n) is 6.15. The highest BCUT2D eigenvalue weighted by atomic mass is 32.2. The van der Waals surface area contributed by atoms with Gasteiger partial charge in [-0.15, -0.1) is 11.8 Å². The molecule has 0 bridgehead atoms. The second-order valence-electron chi connectivity index (χ2n) is 4.58. The van der Waals surface area contributed by atoms with Crippen molar-refractivity contribution in [2.45, 2.75) is 24.5 Å². The first kappa shape index (κ1) is 13.7. The Hall–Kier alpha value is -1.74. The topological polar surface area (TPSA) is 43.1 Å². The van der Waals surface area contributed by atoms with Gasteiger partial charge in [-0.25, -0.2) is 0 Å². The Bertz CT molecular complexity index is 607. The summed E-state index contributed by atoms with van der Waals surface area (Å²) in [6.07, 6.45) is 0. The van der Waals surface area contributed by atoms with Crippen LogP contribution in [0, 0.1) is 6.92 Å². The molecule has 0 atom stereocenters. The third-order valence-corrected chi connectivity index (χ3v) is 3.96. The lowest BCUT2D eigenvalue weighted by Gasteiger charge is -2.06. The molecule has 98 valence electrons. The number of nitrogen functional groups attached to an aromatic ring is 1. The fourth-order valence-corrected chi connectivity index (χ4v) is 2.78. The average molecular weight is 271 g/mol. The molecule has 0 heterocycles. The third-order valence-electron chi connectivity index (χ3n) is 2.89. The molecule has 0 unspecified atom stereocenters. The molecule has 2 aromatic carbocycles. The van der Waals surface area contributed by atoms with Gasteiger partial charge in [0.25, 0.3) is 0 Å². The number of thioether (sulfide) groups is 1. The van der Waals surface area contributed by atoms with Crippen LogP contribution in [0.25, 0.3) is 0 Å². The van der Waals surface area contributed by atoms with Crippen LogP contribution in [0.2, 0.25) is 0 Å². The summed E-state index contributed by atoms with van der Waals surface area (Å²) < 4.78 is 0. The van der Waals surface area contributed by atoms with E-state index in [1.54, 1.807) is 24.8 Å². The number of carbonyl (C=O) groups is 1. The number of carbonyl (C=O) groups excluding carboxylic acids is 1. The van der Waals surface area contributed by atoms with Crippen molar-refractivity contribution in [3.05, 3.63) is 59.2 Å². The van der Waals surface area contributed by atoms with E-state index in [1.165, 1.54) is 11.1 Å². The zero-order chi connectivity index (χ0) is 13.8. The summed E-state index contributed by atoms with van der Waals surface area (Å²) in [5.74, 6) is 0.902. The van der Waals surface area contributed by atoms with E-state index in [2.05, 4.69) is 31.2 Å². The second kappa shape index (κ2) is 5.93. The maximum atomic E-state index is 11.4. The summed E-state index contributed by atoms with van der Waals surface area (Å²) >= 11 is 1.71. The molecule has 0 spiro atoms. The molecule has 3 heteroatoms. The average Bonchev–Trinajstić information content (AvgIpc) is 2.37. The van der Waals surface area contributed by atoms with Crippen LogP contribution in [-0.4, -0.2) is 5.78 Å². The molecule has 2 rings (SSSR count). The molecule has 0 aliphatic heterocycles. The number of benzene rings is 2. The molecule has 0 aromatic heterocycles. The van der Waals surface area contributed by atoms with Crippen molar-refractivity contribution in [2.75, 3.05) is 5.73 Å². The number of nitrogens with two attached hydrogens (primary N) is 1. The Balaban J connectivity index is 2.12. The summed E-state index contributed by atoms with van der Waals surface area (Å²) in [4.78, 5) is 12.5. The maximum absolute atomic E-state index is 11.4. The predicted octanol–water partition coefficient (Wildman–Crippen LogP) is 4.07. The summed E-state index contributed by atoms with van der Waals surface area (Å²) in [7, 11) is 0. The van der Waals surface area contributed by atoms with Crippen LogP contribution in [0.1, 0.15) is 28.4 Å². The molecule has 0 amide bonds. The van der Waals surface area contributed by atoms with E-state index in [9.17, 15) is 4.79 Å². The van der Waals surface area contributed by atoms with Gasteiger partial charge in [0.05, 0.1) is 0 Å². The Morgan fingerprint density at radius 2 is 2.00 bits per heavy atom. The minimum atomic E-state index is 0.00973. The molecular weight excluding hydrogens is 254 g/mol. The Kier molecular flexibility index (Phi) is 4.27. The fourth-order valence-electron chi connectivity index (χ4n) is 1.90. The van der Waals surface area contributed by atoms with Gasteiger partial charge in [0.1, 0.15) is 0 Å². The van der Waals surface area contributed by atoms with Crippen molar-refractivity contribution in [1.82, 2.24) is 0 Å². The SMILES string of the molecule is CC(=O)c1cc(SCc2cccc(C)c2)ccc1N. The molecular formula is C16H17NOS. The fraction of sp³-hybridized carbons (Fsp3) is 0.188. The van der Waals surface area contributed by atoms with Crippen LogP contribution in [0.15, 0.2) is 47.4 Å². The Morgan fingerprint density at radius 3 is 2.68 bits per heavy atom. The number of Topliss-reactive ketones (excluding diaryl/α,β-unsaturated/α-hetero) is 1. The third kappa shape index (κ3) is 3.61. The predicted molar refractivity (Wildman–Crippen MR) is 81.6 cm³/mol. The molecule has 19 heavy (non-hydrogen) atoms. The van der Waals surface area contributed by atoms with Gasteiger partial charge in [0, 0.05) is 21.9 Å². The lowest BCUT2D eigenvalue weighted by Crippen LogP contribution is -1.99. The van der Waals surface area contributed by atoms with Crippen LogP contribution in [0.5, 0.6) is 0 Å². The van der Waals surface area contributed by atoms with Gasteiger partial charge >= 0.3 is 0 Å². The molecule has 0 fully saturated rings. The van der Waals surface area contributed by atoms with Crippen molar-refractivity contribution < 1.29 is 4.79 Å². The van der Waals surface area contributed by atoms with Gasteiger partial charge in [-0.2, -0.15) is 0 Å². The number of hydrogen-bond acceptors (Lipinski definition) is 3. The van der Waals surface area contributed by atoms with Crippen molar-refractivity contribution >= 4 is 23.2 Å². The van der Waals surface area contributed by atoms with Crippen LogP contribution in [-0.2, 0) is 5.75 Å². The van der Waals surface area contributed by atoms with Gasteiger partial charge in [-0.3, -0.25) is 4.79 Å². The van der Waals surface area contributed by atoms with Crippen molar-refractivity contribution in [2.24, 2.45) is 0 Å². The molecule has 2 nitrogen and oxygen atoms in total.